The van der Waals surface area contributed by atoms with E-state index in [1.165, 1.54) is 0 Å². The average Bonchev–Trinajstić information content (AvgIpc) is 2.83. The Kier molecular flexibility index (Phi) is 6.62. The molecule has 1 amide bonds. The number of β-lactam (4-membered cyclic amide) rings is 1. The van der Waals surface area contributed by atoms with Crippen molar-refractivity contribution >= 4 is 32.2 Å². The maximum atomic E-state index is 13.3. The molecule has 2 atom stereocenters. The number of nitrogens with zero attached hydrogens (tertiary/aromatic N) is 1. The van der Waals surface area contributed by atoms with Crippen LogP contribution >= 0.6 is 11.8 Å². The molecule has 34 heavy (non-hydrogen) atoms. The Hall–Kier alpha value is -2.63. The Morgan fingerprint density at radius 3 is 1.47 bits per heavy atom. The summed E-state index contributed by atoms with van der Waals surface area (Å²) in [7, 11) is -2.20. The van der Waals surface area contributed by atoms with E-state index in [1.54, 1.807) is 11.8 Å². The van der Waals surface area contributed by atoms with Gasteiger partial charge in [0.15, 0.2) is 8.24 Å². The summed E-state index contributed by atoms with van der Waals surface area (Å²) in [6.45, 7) is 11.1. The fourth-order valence-electron chi connectivity index (χ4n) is 4.60. The van der Waals surface area contributed by atoms with Crippen LogP contribution in [-0.2, 0) is 14.3 Å². The molecule has 176 valence electrons. The first-order valence-electron chi connectivity index (χ1n) is 11.8. The first-order valence-corrected chi connectivity index (χ1v) is 15.6. The highest BCUT2D eigenvalue weighted by molar-refractivity contribution is 8.01. The third-order valence-corrected chi connectivity index (χ3v) is 14.9. The van der Waals surface area contributed by atoms with Gasteiger partial charge >= 0.3 is 0 Å². The molecular weight excluding hydrogens is 454 g/mol. The maximum Gasteiger partial charge on any atom is 0.228 e. The van der Waals surface area contributed by atoms with E-state index in [-0.39, 0.29) is 16.3 Å². The van der Waals surface area contributed by atoms with Crippen LogP contribution in [0.1, 0.15) is 37.5 Å². The number of rotatable bonds is 7. The molecule has 2 unspecified atom stereocenters. The third kappa shape index (κ3) is 3.95. The quantitative estimate of drug-likeness (QED) is 0.122. The Balaban J connectivity index is 1.94. The van der Waals surface area contributed by atoms with Crippen LogP contribution in [0.3, 0.4) is 0 Å². The van der Waals surface area contributed by atoms with Crippen LogP contribution in [0.5, 0.6) is 0 Å². The van der Waals surface area contributed by atoms with E-state index >= 15 is 0 Å². The van der Waals surface area contributed by atoms with Crippen molar-refractivity contribution in [2.75, 3.05) is 0 Å². The monoisotopic (exact) mass is 487 g/mol. The van der Waals surface area contributed by atoms with Gasteiger partial charge in [-0.1, -0.05) is 125 Å². The Bertz CT molecular complexity index is 1050. The number of thioether (sulfide) groups is 1. The van der Waals surface area contributed by atoms with Crippen molar-refractivity contribution in [2.45, 2.75) is 49.0 Å². The van der Waals surface area contributed by atoms with Gasteiger partial charge < -0.3 is 9.36 Å². The van der Waals surface area contributed by atoms with Crippen LogP contribution in [0.2, 0.25) is 18.1 Å². The summed E-state index contributed by atoms with van der Waals surface area (Å²) in [6, 6.07) is 31.4. The van der Waals surface area contributed by atoms with E-state index in [0.29, 0.717) is 0 Å². The lowest BCUT2D eigenvalue weighted by Crippen LogP contribution is -2.72. The van der Waals surface area contributed by atoms with Crippen LogP contribution in [0, 0.1) is 5.92 Å². The molecule has 3 aromatic rings. The molecule has 3 aromatic carbocycles. The number of hydrogen-bond acceptors (Lipinski definition) is 3. The SMILES string of the molecule is CC(C)(C)[Si](C)(C)N1C(=O)C(C=O)C1SC(c1ccccc1)(c1ccccc1)c1ccccc1. The van der Waals surface area contributed by atoms with E-state index in [9.17, 15) is 9.59 Å². The summed E-state index contributed by atoms with van der Waals surface area (Å²) in [6.07, 6.45) is 0.857. The summed E-state index contributed by atoms with van der Waals surface area (Å²) in [5.74, 6) is -0.656. The molecule has 0 bridgehead atoms. The number of carbonyl (C=O) groups excluding carboxylic acids is 2. The van der Waals surface area contributed by atoms with Crippen molar-refractivity contribution in [3.63, 3.8) is 0 Å². The van der Waals surface area contributed by atoms with Crippen molar-refractivity contribution < 1.29 is 9.59 Å². The van der Waals surface area contributed by atoms with E-state index in [0.717, 1.165) is 23.0 Å². The molecule has 1 heterocycles. The lowest BCUT2D eigenvalue weighted by atomic mass is 9.84. The van der Waals surface area contributed by atoms with E-state index in [4.69, 9.17) is 0 Å². The molecule has 0 N–H and O–H groups in total. The zero-order valence-corrected chi connectivity index (χ0v) is 22.4. The van der Waals surface area contributed by atoms with Gasteiger partial charge in [0.05, 0.1) is 10.1 Å². The first-order chi connectivity index (χ1) is 16.1. The molecule has 3 nitrogen and oxygen atoms in total. The summed E-state index contributed by atoms with van der Waals surface area (Å²) in [4.78, 5) is 25.5. The predicted molar refractivity (Wildman–Crippen MR) is 144 cm³/mol. The maximum absolute atomic E-state index is 13.3. The normalized spacial score (nSPS) is 19.0. The number of benzene rings is 3. The summed E-state index contributed by atoms with van der Waals surface area (Å²) >= 11 is 1.73. The molecule has 1 fully saturated rings. The van der Waals surface area contributed by atoms with Crippen molar-refractivity contribution in [1.29, 1.82) is 0 Å². The highest BCUT2D eigenvalue weighted by atomic mass is 32.2. The standard InChI is InChI=1S/C29H33NO2SSi/c1-28(2,3)34(4,5)30-26(32)25(21-31)27(30)33-29(22-15-9-6-10-16-22,23-17-11-7-12-18-23)24-19-13-8-14-20-24/h6-21,25,27H,1-5H3. The predicted octanol–water partition coefficient (Wildman–Crippen LogP) is 6.70. The summed E-state index contributed by atoms with van der Waals surface area (Å²) in [5.41, 5.74) is 3.41. The van der Waals surface area contributed by atoms with E-state index in [2.05, 4.69) is 111 Å². The minimum Gasteiger partial charge on any atom is -0.356 e. The zero-order valence-electron chi connectivity index (χ0n) is 20.6. The van der Waals surface area contributed by atoms with Crippen LogP contribution in [-0.4, -0.2) is 30.4 Å². The molecule has 0 saturated carbocycles. The van der Waals surface area contributed by atoms with Crippen molar-refractivity contribution in [3.05, 3.63) is 108 Å². The molecule has 4 rings (SSSR count). The summed E-state index contributed by atoms with van der Waals surface area (Å²) in [5, 5.41) is -0.254. The molecule has 0 aromatic heterocycles. The van der Waals surface area contributed by atoms with E-state index < -0.39 is 18.9 Å². The van der Waals surface area contributed by atoms with Crippen molar-refractivity contribution in [3.8, 4) is 0 Å². The van der Waals surface area contributed by atoms with Gasteiger partial charge in [0.2, 0.25) is 5.91 Å². The second kappa shape index (κ2) is 9.20. The molecule has 5 heteroatoms. The average molecular weight is 488 g/mol. The highest BCUT2D eigenvalue weighted by Gasteiger charge is 2.59. The molecule has 1 saturated heterocycles. The Morgan fingerprint density at radius 1 is 0.765 bits per heavy atom. The van der Waals surface area contributed by atoms with Gasteiger partial charge in [-0.3, -0.25) is 4.79 Å². The van der Waals surface area contributed by atoms with Gasteiger partial charge in [0.25, 0.3) is 0 Å². The first kappa shape index (κ1) is 24.5. The molecular formula is C29H33NO2SSi. The van der Waals surface area contributed by atoms with Gasteiger partial charge in [-0.25, -0.2) is 0 Å². The molecule has 0 spiro atoms. The molecule has 1 aliphatic heterocycles. The molecule has 0 aliphatic carbocycles. The number of hydrogen-bond donors (Lipinski definition) is 0. The number of aldehydes is 1. The second-order valence-electron chi connectivity index (χ2n) is 10.5. The van der Waals surface area contributed by atoms with Gasteiger partial charge in [-0.2, -0.15) is 0 Å². The van der Waals surface area contributed by atoms with Crippen LogP contribution in [0.25, 0.3) is 0 Å². The minimum atomic E-state index is -2.20. The largest absolute Gasteiger partial charge is 0.356 e. The third-order valence-electron chi connectivity index (χ3n) is 7.51. The fraction of sp³-hybridized carbons (Fsp3) is 0.310. The lowest BCUT2D eigenvalue weighted by Gasteiger charge is -2.58. The van der Waals surface area contributed by atoms with Crippen molar-refractivity contribution in [2.24, 2.45) is 5.92 Å². The molecule has 1 aliphatic rings. The van der Waals surface area contributed by atoms with Gasteiger partial charge in [-0.15, -0.1) is 11.8 Å². The number of carbonyl (C=O) groups is 2. The van der Waals surface area contributed by atoms with Gasteiger partial charge in [0.1, 0.15) is 12.2 Å². The molecule has 0 radical (unpaired) electrons. The minimum absolute atomic E-state index is 0.0236. The Morgan fingerprint density at radius 2 is 1.15 bits per heavy atom. The number of amides is 1. The zero-order chi connectivity index (χ0) is 24.6. The van der Waals surface area contributed by atoms with Crippen LogP contribution in [0.4, 0.5) is 0 Å². The smallest absolute Gasteiger partial charge is 0.228 e. The highest BCUT2D eigenvalue weighted by Crippen LogP contribution is 2.56. The van der Waals surface area contributed by atoms with E-state index in [1.807, 2.05) is 18.2 Å². The summed E-state index contributed by atoms with van der Waals surface area (Å²) < 4.78 is 1.51. The van der Waals surface area contributed by atoms with Crippen LogP contribution < -0.4 is 0 Å². The van der Waals surface area contributed by atoms with Crippen LogP contribution in [0.15, 0.2) is 91.0 Å². The van der Waals surface area contributed by atoms with Gasteiger partial charge in [0, 0.05) is 0 Å². The second-order valence-corrected chi connectivity index (χ2v) is 16.9. The lowest BCUT2D eigenvalue weighted by molar-refractivity contribution is -0.145. The van der Waals surface area contributed by atoms with Gasteiger partial charge in [-0.05, 0) is 21.7 Å². The fourth-order valence-corrected chi connectivity index (χ4v) is 9.48. The topological polar surface area (TPSA) is 37.4 Å². The van der Waals surface area contributed by atoms with Crippen molar-refractivity contribution in [1.82, 2.24) is 4.57 Å². The Labute approximate surface area is 208 Å².